The van der Waals surface area contributed by atoms with Crippen LogP contribution in [0.2, 0.25) is 0 Å². The summed E-state index contributed by atoms with van der Waals surface area (Å²) in [6, 6.07) is 9.59. The number of hydrogen-bond donors (Lipinski definition) is 2. The molecule has 2 atom stereocenters. The van der Waals surface area contributed by atoms with Gasteiger partial charge in [-0.3, -0.25) is 0 Å². The summed E-state index contributed by atoms with van der Waals surface area (Å²) in [6.45, 7) is 3.74. The normalized spacial score (nSPS) is 13.7. The molecule has 0 radical (unpaired) electrons. The number of benzene rings is 1. The summed E-state index contributed by atoms with van der Waals surface area (Å²) in [7, 11) is 0. The number of aliphatic hydroxyl groups excluding tert-OH is 2. The van der Waals surface area contributed by atoms with Crippen molar-refractivity contribution >= 4 is 11.6 Å². The van der Waals surface area contributed by atoms with E-state index in [-0.39, 0.29) is 6.10 Å². The first kappa shape index (κ1) is 14.4. The maximum absolute atomic E-state index is 9.02. The third-order valence-electron chi connectivity index (χ3n) is 1.81. The van der Waals surface area contributed by atoms with Crippen molar-refractivity contribution < 1.29 is 10.2 Å². The van der Waals surface area contributed by atoms with E-state index in [1.165, 1.54) is 0 Å². The van der Waals surface area contributed by atoms with Crippen LogP contribution in [0.25, 0.3) is 0 Å². The van der Waals surface area contributed by atoms with Crippen LogP contribution in [-0.4, -0.2) is 15.8 Å². The number of halogens is 1. The molecule has 0 aromatic heterocycles. The third-order valence-corrected chi connectivity index (χ3v) is 2.03. The van der Waals surface area contributed by atoms with Crippen molar-refractivity contribution in [3.63, 3.8) is 0 Å². The van der Waals surface area contributed by atoms with E-state index in [0.717, 1.165) is 12.0 Å². The van der Waals surface area contributed by atoms with Gasteiger partial charge in [-0.25, -0.2) is 0 Å². The highest BCUT2D eigenvalue weighted by atomic mass is 35.5. The summed E-state index contributed by atoms with van der Waals surface area (Å²) < 4.78 is 0. The molecule has 0 aliphatic rings. The molecule has 0 heterocycles. The molecule has 0 fully saturated rings. The molecule has 0 aliphatic carbocycles. The summed E-state index contributed by atoms with van der Waals surface area (Å²) in [5.74, 6) is 0. The zero-order valence-corrected chi connectivity index (χ0v) is 9.98. The fourth-order valence-corrected chi connectivity index (χ4v) is 1.19. The Balaban J connectivity index is 0.000000288. The van der Waals surface area contributed by atoms with Gasteiger partial charge in [0.15, 0.2) is 0 Å². The number of aliphatic hydroxyl groups is 2. The summed E-state index contributed by atoms with van der Waals surface area (Å²) in [5, 5.41) is 17.3. The van der Waals surface area contributed by atoms with Gasteiger partial charge >= 0.3 is 0 Å². The van der Waals surface area contributed by atoms with Crippen LogP contribution in [0.3, 0.4) is 0 Å². The molecule has 0 amide bonds. The Morgan fingerprint density at radius 3 is 1.93 bits per heavy atom. The fraction of sp³-hybridized carbons (Fsp3) is 0.500. The lowest BCUT2D eigenvalue weighted by Gasteiger charge is -2.00. The van der Waals surface area contributed by atoms with Crippen molar-refractivity contribution in [2.45, 2.75) is 38.4 Å². The Kier molecular flexibility index (Phi) is 8.38. The first-order valence-electron chi connectivity index (χ1n) is 5.13. The van der Waals surface area contributed by atoms with Crippen molar-refractivity contribution in [3.8, 4) is 0 Å². The molecule has 1 aromatic rings. The minimum atomic E-state index is -0.630. The van der Waals surface area contributed by atoms with Gasteiger partial charge in [-0.05, 0) is 18.9 Å². The highest BCUT2D eigenvalue weighted by Gasteiger charge is 1.95. The SMILES string of the molecule is CC(O)c1ccccc1.CCCC(O)Cl. The topological polar surface area (TPSA) is 40.5 Å². The Bertz CT molecular complexity index is 235. The first-order valence-corrected chi connectivity index (χ1v) is 5.56. The second-order valence-corrected chi connectivity index (χ2v) is 3.81. The molecule has 1 rings (SSSR count). The maximum atomic E-state index is 9.02. The molecule has 86 valence electrons. The second-order valence-electron chi connectivity index (χ2n) is 3.31. The van der Waals surface area contributed by atoms with Gasteiger partial charge in [0.2, 0.25) is 0 Å². The molecule has 0 aliphatic heterocycles. The summed E-state index contributed by atoms with van der Waals surface area (Å²) in [4.78, 5) is 0. The zero-order valence-electron chi connectivity index (χ0n) is 9.23. The van der Waals surface area contributed by atoms with E-state index < -0.39 is 5.56 Å². The Morgan fingerprint density at radius 2 is 1.73 bits per heavy atom. The van der Waals surface area contributed by atoms with Crippen molar-refractivity contribution in [3.05, 3.63) is 35.9 Å². The molecule has 0 saturated carbocycles. The Morgan fingerprint density at radius 1 is 1.20 bits per heavy atom. The lowest BCUT2D eigenvalue weighted by molar-refractivity contribution is 0.199. The Labute approximate surface area is 96.5 Å². The van der Waals surface area contributed by atoms with Crippen molar-refractivity contribution in [2.75, 3.05) is 0 Å². The van der Waals surface area contributed by atoms with Gasteiger partial charge in [-0.1, -0.05) is 55.3 Å². The molecular weight excluding hydrogens is 212 g/mol. The van der Waals surface area contributed by atoms with Crippen LogP contribution in [-0.2, 0) is 0 Å². The van der Waals surface area contributed by atoms with Crippen LogP contribution in [0.15, 0.2) is 30.3 Å². The largest absolute Gasteiger partial charge is 0.389 e. The van der Waals surface area contributed by atoms with Gasteiger partial charge in [-0.2, -0.15) is 0 Å². The van der Waals surface area contributed by atoms with E-state index >= 15 is 0 Å². The quantitative estimate of drug-likeness (QED) is 0.784. The number of rotatable bonds is 3. The van der Waals surface area contributed by atoms with Gasteiger partial charge in [0.05, 0.1) is 6.10 Å². The van der Waals surface area contributed by atoms with Crippen LogP contribution >= 0.6 is 11.6 Å². The first-order chi connectivity index (χ1) is 7.07. The molecule has 0 saturated heterocycles. The maximum Gasteiger partial charge on any atom is 0.128 e. The van der Waals surface area contributed by atoms with Gasteiger partial charge < -0.3 is 10.2 Å². The summed E-state index contributed by atoms with van der Waals surface area (Å²) >= 11 is 5.13. The molecule has 0 spiro atoms. The monoisotopic (exact) mass is 230 g/mol. The number of alkyl halides is 1. The van der Waals surface area contributed by atoms with Crippen LogP contribution in [0.1, 0.15) is 38.4 Å². The van der Waals surface area contributed by atoms with Crippen LogP contribution in [0.5, 0.6) is 0 Å². The summed E-state index contributed by atoms with van der Waals surface area (Å²) in [5.41, 5.74) is 0.340. The average molecular weight is 231 g/mol. The fourth-order valence-electron chi connectivity index (χ4n) is 0.970. The van der Waals surface area contributed by atoms with Crippen molar-refractivity contribution in [2.24, 2.45) is 0 Å². The highest BCUT2D eigenvalue weighted by Crippen LogP contribution is 2.09. The third kappa shape index (κ3) is 8.43. The van der Waals surface area contributed by atoms with E-state index in [1.54, 1.807) is 6.92 Å². The minimum absolute atomic E-state index is 0.341. The molecule has 2 N–H and O–H groups in total. The highest BCUT2D eigenvalue weighted by molar-refractivity contribution is 6.19. The Hall–Kier alpha value is -0.570. The predicted molar refractivity (Wildman–Crippen MR) is 63.8 cm³/mol. The van der Waals surface area contributed by atoms with E-state index in [4.69, 9.17) is 21.8 Å². The van der Waals surface area contributed by atoms with Crippen LogP contribution in [0, 0.1) is 0 Å². The van der Waals surface area contributed by atoms with Crippen LogP contribution < -0.4 is 0 Å². The van der Waals surface area contributed by atoms with Crippen molar-refractivity contribution in [1.29, 1.82) is 0 Å². The molecule has 2 nitrogen and oxygen atoms in total. The standard InChI is InChI=1S/C8H10O.C4H9ClO/c1-7(9)8-5-3-2-4-6-8;1-2-3-4(5)6/h2-7,9H,1H3;4,6H,2-3H2,1H3. The van der Waals surface area contributed by atoms with E-state index in [0.29, 0.717) is 6.42 Å². The smallest absolute Gasteiger partial charge is 0.128 e. The summed E-state index contributed by atoms with van der Waals surface area (Å²) in [6.07, 6.45) is 1.30. The molecular formula is C12H19ClO2. The molecule has 3 heteroatoms. The van der Waals surface area contributed by atoms with Crippen LogP contribution in [0.4, 0.5) is 0 Å². The zero-order chi connectivity index (χ0) is 11.7. The lowest BCUT2D eigenvalue weighted by atomic mass is 10.1. The van der Waals surface area contributed by atoms with E-state index in [2.05, 4.69) is 0 Å². The minimum Gasteiger partial charge on any atom is -0.389 e. The van der Waals surface area contributed by atoms with Gasteiger partial charge in [0.1, 0.15) is 5.56 Å². The molecule has 15 heavy (non-hydrogen) atoms. The average Bonchev–Trinajstić information content (AvgIpc) is 2.20. The van der Waals surface area contributed by atoms with Gasteiger partial charge in [0.25, 0.3) is 0 Å². The predicted octanol–water partition coefficient (Wildman–Crippen LogP) is 3.08. The lowest BCUT2D eigenvalue weighted by Crippen LogP contribution is -1.91. The molecule has 2 unspecified atom stereocenters. The van der Waals surface area contributed by atoms with Gasteiger partial charge in [-0.15, -0.1) is 0 Å². The second kappa shape index (κ2) is 8.72. The molecule has 1 aromatic carbocycles. The van der Waals surface area contributed by atoms with E-state index in [9.17, 15) is 0 Å². The van der Waals surface area contributed by atoms with Gasteiger partial charge in [0, 0.05) is 0 Å². The van der Waals surface area contributed by atoms with Crippen molar-refractivity contribution in [1.82, 2.24) is 0 Å². The number of hydrogen-bond acceptors (Lipinski definition) is 2. The molecule has 0 bridgehead atoms. The van der Waals surface area contributed by atoms with E-state index in [1.807, 2.05) is 37.3 Å².